The van der Waals surface area contributed by atoms with Crippen LogP contribution in [-0.4, -0.2) is 28.7 Å². The molecular formula is C12H20N2O2. The molecular weight excluding hydrogens is 204 g/mol. The molecule has 0 saturated heterocycles. The van der Waals surface area contributed by atoms with Crippen molar-refractivity contribution in [3.05, 3.63) is 27.7 Å². The number of aryl methyl sites for hydroxylation is 1. The molecule has 4 nitrogen and oxygen atoms in total. The number of hydrogen-bond acceptors (Lipinski definition) is 3. The smallest absolute Gasteiger partial charge is 0.223 e. The van der Waals surface area contributed by atoms with E-state index in [1.165, 1.54) is 6.07 Å². The summed E-state index contributed by atoms with van der Waals surface area (Å²) in [5.41, 5.74) is 1.32. The Bertz CT molecular complexity index is 422. The fraction of sp³-hybridized carbons (Fsp3) is 0.583. The van der Waals surface area contributed by atoms with Gasteiger partial charge in [0.05, 0.1) is 5.69 Å². The van der Waals surface area contributed by atoms with Crippen molar-refractivity contribution in [2.75, 3.05) is 14.1 Å². The lowest BCUT2D eigenvalue weighted by Crippen LogP contribution is -2.21. The summed E-state index contributed by atoms with van der Waals surface area (Å²) in [4.78, 5) is 13.5. The maximum Gasteiger partial charge on any atom is 0.223 e. The molecule has 1 aromatic rings. The van der Waals surface area contributed by atoms with Crippen LogP contribution in [0.25, 0.3) is 0 Å². The predicted molar refractivity (Wildman–Crippen MR) is 64.8 cm³/mol. The lowest BCUT2D eigenvalue weighted by molar-refractivity contribution is 0.361. The summed E-state index contributed by atoms with van der Waals surface area (Å²) in [6, 6.07) is 1.49. The monoisotopic (exact) mass is 224 g/mol. The molecule has 0 unspecified atom stereocenters. The van der Waals surface area contributed by atoms with Crippen LogP contribution in [0.15, 0.2) is 10.9 Å². The Morgan fingerprint density at radius 3 is 2.56 bits per heavy atom. The van der Waals surface area contributed by atoms with Gasteiger partial charge in [0.1, 0.15) is 0 Å². The highest BCUT2D eigenvalue weighted by molar-refractivity contribution is 5.29. The average Bonchev–Trinajstić information content (AvgIpc) is 2.19. The molecule has 1 rings (SSSR count). The topological polar surface area (TPSA) is 45.5 Å². The first kappa shape index (κ1) is 12.8. The minimum absolute atomic E-state index is 0.118. The number of rotatable bonds is 4. The van der Waals surface area contributed by atoms with E-state index >= 15 is 0 Å². The number of nitrogens with zero attached hydrogens (tertiary/aromatic N) is 2. The molecule has 1 heterocycles. The van der Waals surface area contributed by atoms with E-state index in [0.717, 1.165) is 18.7 Å². The molecule has 1 aromatic heterocycles. The fourth-order valence-electron chi connectivity index (χ4n) is 1.81. The SMILES string of the molecule is CCCn1c(C)cc(=O)c(O)c1CN(C)C. The number of aromatic hydroxyl groups is 1. The van der Waals surface area contributed by atoms with Crippen molar-refractivity contribution in [1.29, 1.82) is 0 Å². The second-order valence-electron chi connectivity index (χ2n) is 4.33. The van der Waals surface area contributed by atoms with Crippen molar-refractivity contribution in [3.8, 4) is 5.75 Å². The molecule has 0 radical (unpaired) electrons. The van der Waals surface area contributed by atoms with Gasteiger partial charge in [-0.05, 0) is 27.4 Å². The van der Waals surface area contributed by atoms with E-state index in [4.69, 9.17) is 0 Å². The maximum absolute atomic E-state index is 11.5. The molecule has 90 valence electrons. The van der Waals surface area contributed by atoms with Crippen LogP contribution < -0.4 is 5.43 Å². The van der Waals surface area contributed by atoms with Gasteiger partial charge in [-0.15, -0.1) is 0 Å². The van der Waals surface area contributed by atoms with Crippen LogP contribution in [0.4, 0.5) is 0 Å². The third-order valence-corrected chi connectivity index (χ3v) is 2.51. The van der Waals surface area contributed by atoms with Crippen LogP contribution in [0.3, 0.4) is 0 Å². The highest BCUT2D eigenvalue weighted by Crippen LogP contribution is 2.16. The highest BCUT2D eigenvalue weighted by atomic mass is 16.3. The molecule has 0 aliphatic heterocycles. The number of pyridine rings is 1. The predicted octanol–water partition coefficient (Wildman–Crippen LogP) is 1.33. The lowest BCUT2D eigenvalue weighted by atomic mass is 10.2. The second-order valence-corrected chi connectivity index (χ2v) is 4.33. The summed E-state index contributed by atoms with van der Waals surface area (Å²) in [5.74, 6) is -0.118. The Hall–Kier alpha value is -1.29. The highest BCUT2D eigenvalue weighted by Gasteiger charge is 2.12. The molecule has 16 heavy (non-hydrogen) atoms. The molecule has 0 saturated carbocycles. The van der Waals surface area contributed by atoms with E-state index in [1.54, 1.807) is 0 Å². The van der Waals surface area contributed by atoms with Crippen molar-refractivity contribution in [2.24, 2.45) is 0 Å². The Balaban J connectivity index is 3.32. The first-order valence-corrected chi connectivity index (χ1v) is 5.54. The zero-order valence-corrected chi connectivity index (χ0v) is 10.4. The second kappa shape index (κ2) is 5.16. The van der Waals surface area contributed by atoms with Gasteiger partial charge in [-0.3, -0.25) is 4.79 Å². The van der Waals surface area contributed by atoms with Crippen molar-refractivity contribution >= 4 is 0 Å². The van der Waals surface area contributed by atoms with Gasteiger partial charge >= 0.3 is 0 Å². The Morgan fingerprint density at radius 2 is 2.06 bits per heavy atom. The minimum atomic E-state index is -0.290. The van der Waals surface area contributed by atoms with Gasteiger partial charge in [0.2, 0.25) is 5.43 Å². The van der Waals surface area contributed by atoms with Crippen LogP contribution in [-0.2, 0) is 13.1 Å². The van der Waals surface area contributed by atoms with Crippen LogP contribution >= 0.6 is 0 Å². The number of aromatic nitrogens is 1. The van der Waals surface area contributed by atoms with Gasteiger partial charge in [0.15, 0.2) is 5.75 Å². The van der Waals surface area contributed by atoms with Crippen molar-refractivity contribution in [2.45, 2.75) is 33.4 Å². The van der Waals surface area contributed by atoms with Crippen LogP contribution in [0.1, 0.15) is 24.7 Å². The van der Waals surface area contributed by atoms with E-state index in [1.807, 2.05) is 30.5 Å². The molecule has 0 atom stereocenters. The summed E-state index contributed by atoms with van der Waals surface area (Å²) in [5, 5.41) is 9.82. The number of hydrogen-bond donors (Lipinski definition) is 1. The van der Waals surface area contributed by atoms with Gasteiger partial charge in [-0.1, -0.05) is 6.92 Å². The van der Waals surface area contributed by atoms with E-state index in [2.05, 4.69) is 6.92 Å². The summed E-state index contributed by atoms with van der Waals surface area (Å²) in [6.07, 6.45) is 0.976. The molecule has 0 bridgehead atoms. The Kier molecular flexibility index (Phi) is 4.12. The van der Waals surface area contributed by atoms with E-state index in [9.17, 15) is 9.90 Å². The average molecular weight is 224 g/mol. The first-order chi connectivity index (χ1) is 7.47. The van der Waals surface area contributed by atoms with Crippen molar-refractivity contribution in [1.82, 2.24) is 9.47 Å². The largest absolute Gasteiger partial charge is 0.503 e. The quantitative estimate of drug-likeness (QED) is 0.839. The summed E-state index contributed by atoms with van der Waals surface area (Å²) >= 11 is 0. The lowest BCUT2D eigenvalue weighted by Gasteiger charge is -2.19. The molecule has 0 amide bonds. The zero-order chi connectivity index (χ0) is 12.3. The van der Waals surface area contributed by atoms with E-state index in [-0.39, 0.29) is 11.2 Å². The fourth-order valence-corrected chi connectivity index (χ4v) is 1.81. The van der Waals surface area contributed by atoms with E-state index in [0.29, 0.717) is 12.2 Å². The van der Waals surface area contributed by atoms with E-state index < -0.39 is 0 Å². The van der Waals surface area contributed by atoms with Gasteiger partial charge in [0.25, 0.3) is 0 Å². The zero-order valence-electron chi connectivity index (χ0n) is 10.4. The summed E-state index contributed by atoms with van der Waals surface area (Å²) < 4.78 is 2.01. The third-order valence-electron chi connectivity index (χ3n) is 2.51. The standard InChI is InChI=1S/C12H20N2O2/c1-5-6-14-9(2)7-11(15)12(16)10(14)8-13(3)4/h7,16H,5-6,8H2,1-4H3. The molecule has 0 aliphatic rings. The van der Waals surface area contributed by atoms with Crippen molar-refractivity contribution in [3.63, 3.8) is 0 Å². The Morgan fingerprint density at radius 1 is 1.44 bits per heavy atom. The van der Waals surface area contributed by atoms with Crippen LogP contribution in [0.5, 0.6) is 5.75 Å². The molecule has 0 spiro atoms. The molecule has 4 heteroatoms. The van der Waals surface area contributed by atoms with Crippen LogP contribution in [0.2, 0.25) is 0 Å². The third kappa shape index (κ3) is 2.64. The van der Waals surface area contributed by atoms with Gasteiger partial charge < -0.3 is 14.6 Å². The first-order valence-electron chi connectivity index (χ1n) is 5.54. The van der Waals surface area contributed by atoms with Gasteiger partial charge in [-0.25, -0.2) is 0 Å². The van der Waals surface area contributed by atoms with Crippen molar-refractivity contribution < 1.29 is 5.11 Å². The van der Waals surface area contributed by atoms with Gasteiger partial charge in [-0.2, -0.15) is 0 Å². The maximum atomic E-state index is 11.5. The summed E-state index contributed by atoms with van der Waals surface area (Å²) in [6.45, 7) is 5.37. The molecule has 0 fully saturated rings. The minimum Gasteiger partial charge on any atom is -0.503 e. The summed E-state index contributed by atoms with van der Waals surface area (Å²) in [7, 11) is 3.84. The Labute approximate surface area is 96.1 Å². The normalized spacial score (nSPS) is 11.1. The molecule has 1 N–H and O–H groups in total. The van der Waals surface area contributed by atoms with Gasteiger partial charge in [0, 0.05) is 24.8 Å². The van der Waals surface area contributed by atoms with Crippen LogP contribution in [0, 0.1) is 6.92 Å². The molecule has 0 aromatic carbocycles. The molecule has 0 aliphatic carbocycles.